The zero-order valence-corrected chi connectivity index (χ0v) is 17.2. The molecule has 0 N–H and O–H groups in total. The number of para-hydroxylation sites is 2. The lowest BCUT2D eigenvalue weighted by molar-refractivity contribution is -0.133. The number of fused-ring (bicyclic) bond motifs is 2. The van der Waals surface area contributed by atoms with Gasteiger partial charge in [0.1, 0.15) is 11.5 Å². The molecule has 0 atom stereocenters. The monoisotopic (exact) mass is 403 g/mol. The van der Waals surface area contributed by atoms with Crippen LogP contribution in [-0.2, 0) is 4.79 Å². The number of carbonyl (C=O) groups is 1. The smallest absolute Gasteiger partial charge is 0.234 e. The number of hydrogen-bond acceptors (Lipinski definition) is 5. The third kappa shape index (κ3) is 3.26. The van der Waals surface area contributed by atoms with Gasteiger partial charge in [0.05, 0.1) is 5.92 Å². The van der Waals surface area contributed by atoms with E-state index in [9.17, 15) is 4.79 Å². The fraction of sp³-hybridized carbons (Fsp3) is 0.375. The van der Waals surface area contributed by atoms with Crippen LogP contribution in [0, 0.1) is 0 Å². The quantitative estimate of drug-likeness (QED) is 0.626. The molecule has 3 heterocycles. The molecule has 0 unspecified atom stereocenters. The van der Waals surface area contributed by atoms with Gasteiger partial charge in [-0.05, 0) is 25.0 Å². The van der Waals surface area contributed by atoms with Gasteiger partial charge in [-0.3, -0.25) is 4.79 Å². The maximum absolute atomic E-state index is 13.6. The molecular weight excluding hydrogens is 378 g/mol. The fourth-order valence-corrected chi connectivity index (χ4v) is 4.35. The summed E-state index contributed by atoms with van der Waals surface area (Å²) in [6, 6.07) is 15.7. The topological polar surface area (TPSA) is 68.5 Å². The van der Waals surface area contributed by atoms with E-state index >= 15 is 0 Å². The maximum atomic E-state index is 13.6. The highest BCUT2D eigenvalue weighted by molar-refractivity contribution is 5.89. The molecular formula is C24H25N3O3. The molecule has 1 fully saturated rings. The van der Waals surface area contributed by atoms with Crippen molar-refractivity contribution in [2.45, 2.75) is 44.4 Å². The first-order valence-electron chi connectivity index (χ1n) is 10.6. The second kappa shape index (κ2) is 7.59. The molecule has 2 aliphatic rings. The SMILES string of the molecule is CC(C)c1nnc(C2CCN(C(=O)C3c4ccccc4Oc4ccccc43)CC2)o1. The molecule has 6 heteroatoms. The van der Waals surface area contributed by atoms with E-state index in [2.05, 4.69) is 10.2 Å². The van der Waals surface area contributed by atoms with Crippen LogP contribution in [0.2, 0.25) is 0 Å². The lowest BCUT2D eigenvalue weighted by Gasteiger charge is -2.35. The van der Waals surface area contributed by atoms with Crippen molar-refractivity contribution in [3.8, 4) is 11.5 Å². The van der Waals surface area contributed by atoms with Crippen molar-refractivity contribution in [3.63, 3.8) is 0 Å². The molecule has 0 radical (unpaired) electrons. The predicted molar refractivity (Wildman–Crippen MR) is 112 cm³/mol. The highest BCUT2D eigenvalue weighted by atomic mass is 16.5. The predicted octanol–water partition coefficient (Wildman–Crippen LogP) is 4.84. The number of rotatable bonds is 3. The van der Waals surface area contributed by atoms with Crippen molar-refractivity contribution < 1.29 is 13.9 Å². The van der Waals surface area contributed by atoms with Crippen LogP contribution in [0.15, 0.2) is 52.9 Å². The van der Waals surface area contributed by atoms with Gasteiger partial charge in [0.15, 0.2) is 0 Å². The van der Waals surface area contributed by atoms with E-state index in [0.717, 1.165) is 35.5 Å². The molecule has 1 saturated heterocycles. The first-order chi connectivity index (χ1) is 14.6. The minimum atomic E-state index is -0.335. The van der Waals surface area contributed by atoms with Crippen LogP contribution in [0.4, 0.5) is 0 Å². The molecule has 0 saturated carbocycles. The second-order valence-corrected chi connectivity index (χ2v) is 8.34. The van der Waals surface area contributed by atoms with Crippen molar-refractivity contribution in [2.75, 3.05) is 13.1 Å². The summed E-state index contributed by atoms with van der Waals surface area (Å²) in [4.78, 5) is 15.6. The summed E-state index contributed by atoms with van der Waals surface area (Å²) in [7, 11) is 0. The summed E-state index contributed by atoms with van der Waals surface area (Å²) in [5, 5.41) is 8.40. The number of benzene rings is 2. The van der Waals surface area contributed by atoms with Crippen LogP contribution in [-0.4, -0.2) is 34.1 Å². The summed E-state index contributed by atoms with van der Waals surface area (Å²) in [5.41, 5.74) is 1.86. The van der Waals surface area contributed by atoms with Gasteiger partial charge in [0, 0.05) is 36.1 Å². The number of piperidine rings is 1. The summed E-state index contributed by atoms with van der Waals surface area (Å²) in [6.07, 6.45) is 1.66. The van der Waals surface area contributed by atoms with E-state index in [0.29, 0.717) is 24.9 Å². The number of amides is 1. The van der Waals surface area contributed by atoms with E-state index in [1.807, 2.05) is 67.3 Å². The van der Waals surface area contributed by atoms with Crippen LogP contribution < -0.4 is 4.74 Å². The van der Waals surface area contributed by atoms with Gasteiger partial charge >= 0.3 is 0 Å². The Kier molecular flexibility index (Phi) is 4.77. The molecule has 1 aromatic heterocycles. The summed E-state index contributed by atoms with van der Waals surface area (Å²) < 4.78 is 11.9. The third-order valence-electron chi connectivity index (χ3n) is 6.03. The van der Waals surface area contributed by atoms with Crippen molar-refractivity contribution in [2.24, 2.45) is 0 Å². The molecule has 0 aliphatic carbocycles. The molecule has 5 rings (SSSR count). The molecule has 0 spiro atoms. The summed E-state index contributed by atoms with van der Waals surface area (Å²) >= 11 is 0. The Morgan fingerprint density at radius 1 is 0.967 bits per heavy atom. The minimum Gasteiger partial charge on any atom is -0.457 e. The van der Waals surface area contributed by atoms with E-state index in [4.69, 9.17) is 9.15 Å². The average molecular weight is 403 g/mol. The maximum Gasteiger partial charge on any atom is 0.234 e. The number of hydrogen-bond donors (Lipinski definition) is 0. The Bertz CT molecular complexity index is 1020. The lowest BCUT2D eigenvalue weighted by atomic mass is 9.86. The Labute approximate surface area is 175 Å². The number of aromatic nitrogens is 2. The highest BCUT2D eigenvalue weighted by Gasteiger charge is 2.37. The molecule has 2 aliphatic heterocycles. The zero-order chi connectivity index (χ0) is 20.7. The largest absolute Gasteiger partial charge is 0.457 e. The lowest BCUT2D eigenvalue weighted by Crippen LogP contribution is -2.41. The molecule has 6 nitrogen and oxygen atoms in total. The zero-order valence-electron chi connectivity index (χ0n) is 17.2. The minimum absolute atomic E-state index is 0.130. The van der Waals surface area contributed by atoms with Gasteiger partial charge in [-0.1, -0.05) is 50.2 Å². The molecule has 0 bridgehead atoms. The second-order valence-electron chi connectivity index (χ2n) is 8.34. The van der Waals surface area contributed by atoms with Gasteiger partial charge in [0.25, 0.3) is 0 Å². The summed E-state index contributed by atoms with van der Waals surface area (Å²) in [6.45, 7) is 5.46. The number of nitrogens with zero attached hydrogens (tertiary/aromatic N) is 3. The molecule has 3 aromatic rings. The number of carbonyl (C=O) groups excluding carboxylic acids is 1. The standard InChI is InChI=1S/C24H25N3O3/c1-15(2)22-25-26-23(30-22)16-11-13-27(14-12-16)24(28)21-17-7-3-5-9-19(17)29-20-10-6-4-8-18(20)21/h3-10,15-16,21H,11-14H2,1-2H3. The Hall–Kier alpha value is -3.15. The van der Waals surface area contributed by atoms with Crippen LogP contribution in [0.25, 0.3) is 0 Å². The highest BCUT2D eigenvalue weighted by Crippen LogP contribution is 2.45. The van der Waals surface area contributed by atoms with Crippen LogP contribution in [0.1, 0.15) is 67.4 Å². The van der Waals surface area contributed by atoms with Crippen molar-refractivity contribution >= 4 is 5.91 Å². The van der Waals surface area contributed by atoms with Crippen molar-refractivity contribution in [1.82, 2.24) is 15.1 Å². The molecule has 2 aromatic carbocycles. The fourth-order valence-electron chi connectivity index (χ4n) is 4.35. The van der Waals surface area contributed by atoms with Gasteiger partial charge in [-0.25, -0.2) is 0 Å². The van der Waals surface area contributed by atoms with Crippen molar-refractivity contribution in [3.05, 3.63) is 71.4 Å². The number of ether oxygens (including phenoxy) is 1. The van der Waals surface area contributed by atoms with Gasteiger partial charge in [0.2, 0.25) is 17.7 Å². The first-order valence-corrected chi connectivity index (χ1v) is 10.6. The Morgan fingerprint density at radius 3 is 2.13 bits per heavy atom. The van der Waals surface area contributed by atoms with Gasteiger partial charge in [-0.2, -0.15) is 0 Å². The first kappa shape index (κ1) is 18.9. The normalized spacial score (nSPS) is 16.8. The van der Waals surface area contributed by atoms with Crippen LogP contribution in [0.5, 0.6) is 11.5 Å². The molecule has 30 heavy (non-hydrogen) atoms. The van der Waals surface area contributed by atoms with Crippen LogP contribution >= 0.6 is 0 Å². The van der Waals surface area contributed by atoms with E-state index in [-0.39, 0.29) is 23.7 Å². The van der Waals surface area contributed by atoms with Crippen molar-refractivity contribution in [1.29, 1.82) is 0 Å². The van der Waals surface area contributed by atoms with Gasteiger partial charge in [-0.15, -0.1) is 10.2 Å². The van der Waals surface area contributed by atoms with Gasteiger partial charge < -0.3 is 14.1 Å². The van der Waals surface area contributed by atoms with E-state index in [1.54, 1.807) is 0 Å². The van der Waals surface area contributed by atoms with Crippen LogP contribution in [0.3, 0.4) is 0 Å². The van der Waals surface area contributed by atoms with E-state index in [1.165, 1.54) is 0 Å². The van der Waals surface area contributed by atoms with E-state index < -0.39 is 0 Å². The third-order valence-corrected chi connectivity index (χ3v) is 6.03. The number of likely N-dealkylation sites (tertiary alicyclic amines) is 1. The summed E-state index contributed by atoms with van der Waals surface area (Å²) in [5.74, 6) is 3.13. The Morgan fingerprint density at radius 2 is 1.57 bits per heavy atom. The molecule has 1 amide bonds. The molecule has 154 valence electrons. The Balaban J connectivity index is 1.36. The average Bonchev–Trinajstić information content (AvgIpc) is 3.28.